The average Bonchev–Trinajstić information content (AvgIpc) is 2.48. The van der Waals surface area contributed by atoms with Crippen LogP contribution in [0.15, 0.2) is 36.4 Å². The quantitative estimate of drug-likeness (QED) is 0.547. The van der Waals surface area contributed by atoms with E-state index in [2.05, 4.69) is 0 Å². The first kappa shape index (κ1) is 14.1. The van der Waals surface area contributed by atoms with E-state index in [1.54, 1.807) is 0 Å². The summed E-state index contributed by atoms with van der Waals surface area (Å²) in [6.45, 7) is 0.755. The summed E-state index contributed by atoms with van der Waals surface area (Å²) in [4.78, 5) is 20.6. The molecule has 0 heterocycles. The summed E-state index contributed by atoms with van der Waals surface area (Å²) in [7, 11) is 0. The largest absolute Gasteiger partial charge is 0.493 e. The zero-order valence-electron chi connectivity index (χ0n) is 11.1. The van der Waals surface area contributed by atoms with Crippen LogP contribution in [0.2, 0.25) is 0 Å². The van der Waals surface area contributed by atoms with Crippen molar-refractivity contribution in [2.24, 2.45) is 0 Å². The van der Waals surface area contributed by atoms with Crippen LogP contribution >= 0.6 is 0 Å². The molecule has 0 spiro atoms. The van der Waals surface area contributed by atoms with Crippen molar-refractivity contribution in [3.05, 3.63) is 36.4 Å². The van der Waals surface area contributed by atoms with Gasteiger partial charge in [0.25, 0.3) is 0 Å². The van der Waals surface area contributed by atoms with E-state index in [0.29, 0.717) is 26.1 Å². The van der Waals surface area contributed by atoms with Crippen molar-refractivity contribution in [1.82, 2.24) is 0 Å². The highest BCUT2D eigenvalue weighted by Crippen LogP contribution is 2.28. The Bertz CT molecular complexity index is 592. The Morgan fingerprint density at radius 3 is 2.40 bits per heavy atom. The summed E-state index contributed by atoms with van der Waals surface area (Å²) in [5, 5.41) is 1.97. The van der Waals surface area contributed by atoms with Crippen LogP contribution in [0.25, 0.3) is 10.8 Å². The number of hydrogen-bond donors (Lipinski definition) is 0. The van der Waals surface area contributed by atoms with E-state index in [0.717, 1.165) is 34.8 Å². The van der Waals surface area contributed by atoms with Crippen LogP contribution in [0.3, 0.4) is 0 Å². The molecule has 2 aromatic rings. The summed E-state index contributed by atoms with van der Waals surface area (Å²) in [5.74, 6) is 1.48. The number of aldehydes is 2. The maximum atomic E-state index is 10.3. The maximum Gasteiger partial charge on any atom is 0.127 e. The van der Waals surface area contributed by atoms with Gasteiger partial charge in [0.2, 0.25) is 0 Å². The zero-order valence-corrected chi connectivity index (χ0v) is 11.1. The molecule has 4 heteroatoms. The summed E-state index contributed by atoms with van der Waals surface area (Å²) in [6, 6.07) is 11.4. The SMILES string of the molecule is O=CCCOc1ccc2c(OCCC=O)cccc2c1. The minimum atomic E-state index is 0.375. The molecule has 0 saturated heterocycles. The molecule has 0 aliphatic carbocycles. The number of rotatable bonds is 8. The molecule has 0 amide bonds. The number of ether oxygens (including phenoxy) is 2. The molecular formula is C16H16O4. The highest BCUT2D eigenvalue weighted by Gasteiger charge is 2.03. The third kappa shape index (κ3) is 3.57. The van der Waals surface area contributed by atoms with Crippen LogP contribution in [0.1, 0.15) is 12.8 Å². The van der Waals surface area contributed by atoms with Crippen molar-refractivity contribution >= 4 is 23.3 Å². The fraction of sp³-hybridized carbons (Fsp3) is 0.250. The average molecular weight is 272 g/mol. The molecule has 0 saturated carbocycles. The fourth-order valence-corrected chi connectivity index (χ4v) is 1.89. The molecule has 0 N–H and O–H groups in total. The van der Waals surface area contributed by atoms with Gasteiger partial charge < -0.3 is 19.1 Å². The molecule has 0 atom stereocenters. The van der Waals surface area contributed by atoms with Gasteiger partial charge in [0.05, 0.1) is 13.2 Å². The number of hydrogen-bond acceptors (Lipinski definition) is 4. The molecule has 2 rings (SSSR count). The van der Waals surface area contributed by atoms with Crippen molar-refractivity contribution in [1.29, 1.82) is 0 Å². The lowest BCUT2D eigenvalue weighted by Crippen LogP contribution is -1.99. The minimum Gasteiger partial charge on any atom is -0.493 e. The molecule has 0 radical (unpaired) electrons. The molecule has 0 unspecified atom stereocenters. The van der Waals surface area contributed by atoms with Crippen LogP contribution in [0, 0.1) is 0 Å². The van der Waals surface area contributed by atoms with Gasteiger partial charge in [-0.1, -0.05) is 12.1 Å². The van der Waals surface area contributed by atoms with Gasteiger partial charge in [0.15, 0.2) is 0 Å². The van der Waals surface area contributed by atoms with Gasteiger partial charge in [-0.2, -0.15) is 0 Å². The van der Waals surface area contributed by atoms with E-state index in [1.807, 2.05) is 36.4 Å². The van der Waals surface area contributed by atoms with Crippen LogP contribution in [0.4, 0.5) is 0 Å². The van der Waals surface area contributed by atoms with Crippen LogP contribution < -0.4 is 9.47 Å². The molecular weight excluding hydrogens is 256 g/mol. The molecule has 0 fully saturated rings. The lowest BCUT2D eigenvalue weighted by atomic mass is 10.1. The molecule has 20 heavy (non-hydrogen) atoms. The van der Waals surface area contributed by atoms with Gasteiger partial charge in [-0.3, -0.25) is 0 Å². The predicted octanol–water partition coefficient (Wildman–Crippen LogP) is 2.78. The van der Waals surface area contributed by atoms with Gasteiger partial charge in [-0.05, 0) is 29.7 Å². The van der Waals surface area contributed by atoms with Crippen molar-refractivity contribution in [2.75, 3.05) is 13.2 Å². The smallest absolute Gasteiger partial charge is 0.127 e. The maximum absolute atomic E-state index is 10.3. The molecule has 104 valence electrons. The van der Waals surface area contributed by atoms with Crippen molar-refractivity contribution in [2.45, 2.75) is 12.8 Å². The Morgan fingerprint density at radius 2 is 1.65 bits per heavy atom. The van der Waals surface area contributed by atoms with Crippen molar-refractivity contribution < 1.29 is 19.1 Å². The first-order valence-electron chi connectivity index (χ1n) is 6.51. The van der Waals surface area contributed by atoms with Crippen LogP contribution in [-0.4, -0.2) is 25.8 Å². The van der Waals surface area contributed by atoms with E-state index in [-0.39, 0.29) is 0 Å². The molecule has 0 aromatic heterocycles. The Balaban J connectivity index is 2.16. The highest BCUT2D eigenvalue weighted by molar-refractivity contribution is 5.89. The van der Waals surface area contributed by atoms with Gasteiger partial charge in [0.1, 0.15) is 24.1 Å². The normalized spacial score (nSPS) is 10.2. The molecule has 2 aromatic carbocycles. The van der Waals surface area contributed by atoms with E-state index in [9.17, 15) is 9.59 Å². The number of carbonyl (C=O) groups is 2. The topological polar surface area (TPSA) is 52.6 Å². The van der Waals surface area contributed by atoms with Gasteiger partial charge in [0, 0.05) is 18.2 Å². The van der Waals surface area contributed by atoms with Crippen molar-refractivity contribution in [3.63, 3.8) is 0 Å². The molecule has 0 bridgehead atoms. The minimum absolute atomic E-state index is 0.375. The molecule has 0 aliphatic heterocycles. The summed E-state index contributed by atoms with van der Waals surface area (Å²) in [6.07, 6.45) is 2.43. The highest BCUT2D eigenvalue weighted by atomic mass is 16.5. The number of carbonyl (C=O) groups excluding carboxylic acids is 2. The number of fused-ring (bicyclic) bond motifs is 1. The lowest BCUT2D eigenvalue weighted by Gasteiger charge is -2.10. The fourth-order valence-electron chi connectivity index (χ4n) is 1.89. The third-order valence-corrected chi connectivity index (χ3v) is 2.81. The Kier molecular flexibility index (Phi) is 5.12. The summed E-state index contributed by atoms with van der Waals surface area (Å²) >= 11 is 0. The second-order valence-electron chi connectivity index (χ2n) is 4.25. The van der Waals surface area contributed by atoms with Gasteiger partial charge >= 0.3 is 0 Å². The zero-order chi connectivity index (χ0) is 14.2. The van der Waals surface area contributed by atoms with E-state index < -0.39 is 0 Å². The molecule has 0 aliphatic rings. The predicted molar refractivity (Wildman–Crippen MR) is 76.3 cm³/mol. The summed E-state index contributed by atoms with van der Waals surface area (Å²) in [5.41, 5.74) is 0. The Labute approximate surface area is 117 Å². The standard InChI is InChI=1S/C16H16O4/c17-8-2-10-19-14-6-7-15-13(12-14)4-1-5-16(15)20-11-3-9-18/h1,4-9,12H,2-3,10-11H2. The van der Waals surface area contributed by atoms with Crippen molar-refractivity contribution in [3.8, 4) is 11.5 Å². The molecule has 4 nitrogen and oxygen atoms in total. The second kappa shape index (κ2) is 7.28. The first-order valence-corrected chi connectivity index (χ1v) is 6.51. The monoisotopic (exact) mass is 272 g/mol. The second-order valence-corrected chi connectivity index (χ2v) is 4.25. The Morgan fingerprint density at radius 1 is 0.900 bits per heavy atom. The van der Waals surface area contributed by atoms with E-state index in [1.165, 1.54) is 0 Å². The van der Waals surface area contributed by atoms with E-state index in [4.69, 9.17) is 9.47 Å². The van der Waals surface area contributed by atoms with Gasteiger partial charge in [-0.25, -0.2) is 0 Å². The number of benzene rings is 2. The van der Waals surface area contributed by atoms with E-state index >= 15 is 0 Å². The van der Waals surface area contributed by atoms with Crippen LogP contribution in [0.5, 0.6) is 11.5 Å². The lowest BCUT2D eigenvalue weighted by molar-refractivity contribution is -0.109. The Hall–Kier alpha value is -2.36. The van der Waals surface area contributed by atoms with Crippen LogP contribution in [-0.2, 0) is 9.59 Å². The summed E-state index contributed by atoms with van der Waals surface area (Å²) < 4.78 is 11.1. The third-order valence-electron chi connectivity index (χ3n) is 2.81. The van der Waals surface area contributed by atoms with Gasteiger partial charge in [-0.15, -0.1) is 0 Å². The first-order chi connectivity index (χ1) is 9.85.